The fourth-order valence-electron chi connectivity index (χ4n) is 3.65. The van der Waals surface area contributed by atoms with E-state index in [0.717, 1.165) is 6.42 Å². The number of ether oxygens (including phenoxy) is 1. The lowest BCUT2D eigenvalue weighted by atomic mass is 10.1. The molecular formula is C20H27FN4O3. The van der Waals surface area contributed by atoms with E-state index >= 15 is 0 Å². The molecule has 1 aliphatic heterocycles. The Labute approximate surface area is 163 Å². The molecule has 0 amide bonds. The number of anilines is 1. The number of esters is 1. The molecule has 0 spiro atoms. The van der Waals surface area contributed by atoms with Crippen molar-refractivity contribution in [2.45, 2.75) is 58.7 Å². The second-order valence-corrected chi connectivity index (χ2v) is 8.30. The summed E-state index contributed by atoms with van der Waals surface area (Å²) in [5.41, 5.74) is 5.14. The summed E-state index contributed by atoms with van der Waals surface area (Å²) in [7, 11) is 0. The van der Waals surface area contributed by atoms with Crippen LogP contribution >= 0.6 is 0 Å². The molecule has 3 heterocycles. The molecule has 2 aromatic heterocycles. The molecule has 0 aliphatic carbocycles. The number of carbonyl (C=O) groups excluding carboxylic acids is 1. The first-order chi connectivity index (χ1) is 13.0. The van der Waals surface area contributed by atoms with Crippen molar-refractivity contribution in [2.75, 3.05) is 18.1 Å². The molecule has 1 saturated heterocycles. The minimum atomic E-state index is -0.726. The highest BCUT2D eigenvalue weighted by Gasteiger charge is 2.31. The standard InChI is InChI=1S/C20H27FN4O3/c1-6-28-19(27)14-10-25(20(3,4)5)17-13(16(14)26)8-15(21)18(23-17)24-9-12(22)7-11(24)2/h8,10-12H,6-7,9,22H2,1-5H3/t11-,12+/m1/s1. The van der Waals surface area contributed by atoms with E-state index in [1.807, 2.05) is 32.6 Å². The van der Waals surface area contributed by atoms with E-state index in [2.05, 4.69) is 4.98 Å². The maximum Gasteiger partial charge on any atom is 0.343 e. The second kappa shape index (κ2) is 7.16. The van der Waals surface area contributed by atoms with Gasteiger partial charge in [0.05, 0.1) is 12.0 Å². The summed E-state index contributed by atoms with van der Waals surface area (Å²) < 4.78 is 21.7. The van der Waals surface area contributed by atoms with Crippen molar-refractivity contribution in [3.05, 3.63) is 33.9 Å². The zero-order valence-corrected chi connectivity index (χ0v) is 17.0. The number of hydrogen-bond donors (Lipinski definition) is 1. The number of aromatic nitrogens is 2. The predicted octanol–water partition coefficient (Wildman–Crippen LogP) is 2.39. The maximum absolute atomic E-state index is 15.0. The Morgan fingerprint density at radius 1 is 1.43 bits per heavy atom. The monoisotopic (exact) mass is 390 g/mol. The molecule has 1 aliphatic rings. The van der Waals surface area contributed by atoms with Crippen LogP contribution in [-0.2, 0) is 10.3 Å². The number of nitrogens with two attached hydrogens (primary N) is 1. The topological polar surface area (TPSA) is 90.5 Å². The quantitative estimate of drug-likeness (QED) is 0.810. The SMILES string of the molecule is CCOC(=O)c1cn(C(C)(C)C)c2nc(N3C[C@@H](N)C[C@H]3C)c(F)cc2c1=O. The van der Waals surface area contributed by atoms with Gasteiger partial charge in [-0.15, -0.1) is 0 Å². The zero-order chi connectivity index (χ0) is 20.8. The summed E-state index contributed by atoms with van der Waals surface area (Å²) in [6, 6.07) is 1.16. The first kappa shape index (κ1) is 20.3. The number of fused-ring (bicyclic) bond motifs is 1. The molecule has 0 bridgehead atoms. The van der Waals surface area contributed by atoms with Gasteiger partial charge in [0.15, 0.2) is 11.6 Å². The third kappa shape index (κ3) is 3.48. The molecule has 2 atom stereocenters. The van der Waals surface area contributed by atoms with Crippen LogP contribution in [0.25, 0.3) is 11.0 Å². The number of rotatable bonds is 3. The molecule has 1 fully saturated rings. The van der Waals surface area contributed by atoms with Crippen molar-refractivity contribution >= 4 is 22.8 Å². The number of pyridine rings is 2. The van der Waals surface area contributed by atoms with Gasteiger partial charge < -0.3 is 19.9 Å². The molecule has 0 aromatic carbocycles. The van der Waals surface area contributed by atoms with Gasteiger partial charge in [0, 0.05) is 30.4 Å². The Morgan fingerprint density at radius 3 is 2.64 bits per heavy atom. The Kier molecular flexibility index (Phi) is 5.18. The zero-order valence-electron chi connectivity index (χ0n) is 17.0. The Hall–Kier alpha value is -2.48. The fourth-order valence-corrected chi connectivity index (χ4v) is 3.65. The van der Waals surface area contributed by atoms with Gasteiger partial charge >= 0.3 is 5.97 Å². The lowest BCUT2D eigenvalue weighted by Gasteiger charge is -2.28. The van der Waals surface area contributed by atoms with Gasteiger partial charge in [-0.05, 0) is 47.1 Å². The van der Waals surface area contributed by atoms with Gasteiger partial charge in [-0.2, -0.15) is 0 Å². The number of hydrogen-bond acceptors (Lipinski definition) is 6. The van der Waals surface area contributed by atoms with E-state index in [1.54, 1.807) is 11.5 Å². The van der Waals surface area contributed by atoms with Crippen molar-refractivity contribution in [1.29, 1.82) is 0 Å². The average Bonchev–Trinajstić information content (AvgIpc) is 2.92. The Bertz CT molecular complexity index is 980. The first-order valence-electron chi connectivity index (χ1n) is 9.50. The van der Waals surface area contributed by atoms with Crippen molar-refractivity contribution in [1.82, 2.24) is 9.55 Å². The molecule has 28 heavy (non-hydrogen) atoms. The Balaban J connectivity index is 2.29. The summed E-state index contributed by atoms with van der Waals surface area (Å²) in [5, 5.41) is 0.0536. The van der Waals surface area contributed by atoms with E-state index in [1.165, 1.54) is 12.3 Å². The molecule has 0 radical (unpaired) electrons. The van der Waals surface area contributed by atoms with E-state index in [-0.39, 0.29) is 35.5 Å². The average molecular weight is 390 g/mol. The summed E-state index contributed by atoms with van der Waals surface area (Å²) in [5.74, 6) is -1.16. The smallest absolute Gasteiger partial charge is 0.343 e. The number of nitrogens with zero attached hydrogens (tertiary/aromatic N) is 3. The molecule has 8 heteroatoms. The largest absolute Gasteiger partial charge is 0.462 e. The predicted molar refractivity (Wildman–Crippen MR) is 106 cm³/mol. The van der Waals surface area contributed by atoms with Crippen LogP contribution in [0.1, 0.15) is 51.4 Å². The van der Waals surface area contributed by atoms with Crippen molar-refractivity contribution in [2.24, 2.45) is 5.73 Å². The minimum Gasteiger partial charge on any atom is -0.462 e. The van der Waals surface area contributed by atoms with Crippen molar-refractivity contribution in [3.8, 4) is 0 Å². The third-order valence-electron chi connectivity index (χ3n) is 5.01. The number of halogens is 1. The first-order valence-corrected chi connectivity index (χ1v) is 9.50. The lowest BCUT2D eigenvalue weighted by Crippen LogP contribution is -2.32. The van der Waals surface area contributed by atoms with Crippen LogP contribution in [0.15, 0.2) is 17.1 Å². The van der Waals surface area contributed by atoms with Crippen LogP contribution in [0.2, 0.25) is 0 Å². The molecule has 0 saturated carbocycles. The van der Waals surface area contributed by atoms with Crippen LogP contribution in [0.4, 0.5) is 10.2 Å². The molecule has 2 N–H and O–H groups in total. The maximum atomic E-state index is 15.0. The molecule has 2 aromatic rings. The lowest BCUT2D eigenvalue weighted by molar-refractivity contribution is 0.0524. The highest BCUT2D eigenvalue weighted by Crippen LogP contribution is 2.29. The Morgan fingerprint density at radius 2 is 2.11 bits per heavy atom. The van der Waals surface area contributed by atoms with Crippen LogP contribution in [0, 0.1) is 5.82 Å². The summed E-state index contributed by atoms with van der Waals surface area (Å²) in [6.45, 7) is 10.0. The van der Waals surface area contributed by atoms with Crippen molar-refractivity contribution < 1.29 is 13.9 Å². The fraction of sp³-hybridized carbons (Fsp3) is 0.550. The van der Waals surface area contributed by atoms with E-state index < -0.39 is 22.8 Å². The van der Waals surface area contributed by atoms with Gasteiger partial charge in [0.2, 0.25) is 5.43 Å². The summed E-state index contributed by atoms with van der Waals surface area (Å²) >= 11 is 0. The van der Waals surface area contributed by atoms with Gasteiger partial charge in [0.1, 0.15) is 11.2 Å². The number of carbonyl (C=O) groups is 1. The minimum absolute atomic E-state index is 0.0445. The van der Waals surface area contributed by atoms with E-state index in [0.29, 0.717) is 12.2 Å². The van der Waals surface area contributed by atoms with Gasteiger partial charge in [-0.3, -0.25) is 4.79 Å². The van der Waals surface area contributed by atoms with Crippen LogP contribution < -0.4 is 16.1 Å². The summed E-state index contributed by atoms with van der Waals surface area (Å²) in [6.07, 6.45) is 2.20. The molecule has 0 unspecified atom stereocenters. The molecule has 7 nitrogen and oxygen atoms in total. The highest BCUT2D eigenvalue weighted by atomic mass is 19.1. The normalized spacial score (nSPS) is 20.0. The van der Waals surface area contributed by atoms with Gasteiger partial charge in [-0.1, -0.05) is 0 Å². The van der Waals surface area contributed by atoms with E-state index in [4.69, 9.17) is 10.5 Å². The second-order valence-electron chi connectivity index (χ2n) is 8.30. The van der Waals surface area contributed by atoms with Crippen LogP contribution in [-0.4, -0.2) is 40.8 Å². The molecule has 3 rings (SSSR count). The van der Waals surface area contributed by atoms with E-state index in [9.17, 15) is 14.0 Å². The molecule has 152 valence electrons. The third-order valence-corrected chi connectivity index (χ3v) is 5.01. The van der Waals surface area contributed by atoms with Crippen molar-refractivity contribution in [3.63, 3.8) is 0 Å². The van der Waals surface area contributed by atoms with Gasteiger partial charge in [-0.25, -0.2) is 14.2 Å². The highest BCUT2D eigenvalue weighted by molar-refractivity contribution is 5.93. The molecular weight excluding hydrogens is 363 g/mol. The van der Waals surface area contributed by atoms with Crippen LogP contribution in [0.5, 0.6) is 0 Å². The summed E-state index contributed by atoms with van der Waals surface area (Å²) in [4.78, 5) is 31.5. The van der Waals surface area contributed by atoms with Crippen LogP contribution in [0.3, 0.4) is 0 Å². The van der Waals surface area contributed by atoms with Gasteiger partial charge in [0.25, 0.3) is 0 Å².